The van der Waals surface area contributed by atoms with E-state index in [0.29, 0.717) is 25.4 Å². The van der Waals surface area contributed by atoms with Gasteiger partial charge in [-0.1, -0.05) is 54.6 Å². The predicted molar refractivity (Wildman–Crippen MR) is 140 cm³/mol. The third kappa shape index (κ3) is 7.23. The van der Waals surface area contributed by atoms with Crippen LogP contribution in [0.3, 0.4) is 0 Å². The normalized spacial score (nSPS) is 17.4. The van der Waals surface area contributed by atoms with Crippen LogP contribution in [0.2, 0.25) is 0 Å². The number of carbonyl (C=O) groups excluding carboxylic acids is 1. The van der Waals surface area contributed by atoms with Gasteiger partial charge in [0.15, 0.2) is 12.0 Å². The van der Waals surface area contributed by atoms with Gasteiger partial charge in [0.05, 0.1) is 24.4 Å². The zero-order valence-corrected chi connectivity index (χ0v) is 21.6. The number of methoxy groups -OCH3 is 1. The Kier molecular flexibility index (Phi) is 9.04. The smallest absolute Gasteiger partial charge is 0.416 e. The molecule has 0 spiro atoms. The lowest BCUT2D eigenvalue weighted by atomic mass is 9.83. The minimum atomic E-state index is -4.51. The molecule has 2 N–H and O–H groups in total. The topological polar surface area (TPSA) is 61.8 Å². The molecule has 1 aliphatic rings. The number of nitrogens with one attached hydrogen (secondary N) is 1. The van der Waals surface area contributed by atoms with E-state index in [1.165, 1.54) is 12.1 Å². The molecule has 0 aromatic heterocycles. The molecule has 1 heterocycles. The number of ether oxygens (including phenoxy) is 1. The maximum Gasteiger partial charge on any atom is 0.416 e. The van der Waals surface area contributed by atoms with E-state index in [4.69, 9.17) is 4.74 Å². The Labute approximate surface area is 225 Å². The summed E-state index contributed by atoms with van der Waals surface area (Å²) in [6.45, 7) is 1.01. The van der Waals surface area contributed by atoms with Crippen LogP contribution in [0.1, 0.15) is 46.3 Å². The van der Waals surface area contributed by atoms with E-state index in [-0.39, 0.29) is 30.4 Å². The van der Waals surface area contributed by atoms with Gasteiger partial charge in [0.25, 0.3) is 0 Å². The Morgan fingerprint density at radius 2 is 1.69 bits per heavy atom. The van der Waals surface area contributed by atoms with Crippen molar-refractivity contribution in [3.63, 3.8) is 0 Å². The van der Waals surface area contributed by atoms with Gasteiger partial charge in [-0.05, 0) is 48.2 Å². The van der Waals surface area contributed by atoms with Crippen LogP contribution in [0.25, 0.3) is 0 Å². The van der Waals surface area contributed by atoms with Crippen molar-refractivity contribution >= 4 is 5.78 Å². The summed E-state index contributed by atoms with van der Waals surface area (Å²) in [5.74, 6) is 0.0989. The van der Waals surface area contributed by atoms with Crippen molar-refractivity contribution in [3.05, 3.63) is 101 Å². The fourth-order valence-corrected chi connectivity index (χ4v) is 4.91. The summed E-state index contributed by atoms with van der Waals surface area (Å²) in [4.78, 5) is 14.7. The molecule has 2 atom stereocenters. The number of ketones is 1. The summed E-state index contributed by atoms with van der Waals surface area (Å²) >= 11 is 0. The fourth-order valence-electron chi connectivity index (χ4n) is 4.91. The van der Waals surface area contributed by atoms with Gasteiger partial charge in [-0.3, -0.25) is 15.0 Å². The van der Waals surface area contributed by atoms with Gasteiger partial charge in [0, 0.05) is 31.6 Å². The maximum atomic E-state index is 15.3. The highest BCUT2D eigenvalue weighted by atomic mass is 19.4. The lowest BCUT2D eigenvalue weighted by molar-refractivity contribution is -0.137. The number of alkyl halides is 4. The minimum absolute atomic E-state index is 0.119. The lowest BCUT2D eigenvalue weighted by Gasteiger charge is -2.42. The van der Waals surface area contributed by atoms with Crippen molar-refractivity contribution < 1.29 is 32.2 Å². The third-order valence-electron chi connectivity index (χ3n) is 7.27. The van der Waals surface area contributed by atoms with Crippen molar-refractivity contribution in [3.8, 4) is 5.75 Å². The number of benzene rings is 3. The van der Waals surface area contributed by atoms with E-state index in [1.807, 2.05) is 29.2 Å². The summed E-state index contributed by atoms with van der Waals surface area (Å²) in [6.07, 6.45) is -6.60. The zero-order valence-electron chi connectivity index (χ0n) is 21.6. The number of hydrogen-bond donors (Lipinski definition) is 2. The van der Waals surface area contributed by atoms with Crippen molar-refractivity contribution in [2.45, 2.75) is 49.9 Å². The molecule has 3 aromatic rings. The Balaban J connectivity index is 1.48. The highest BCUT2D eigenvalue weighted by Gasteiger charge is 2.39. The van der Waals surface area contributed by atoms with E-state index < -0.39 is 35.5 Å². The summed E-state index contributed by atoms with van der Waals surface area (Å²) in [6, 6.07) is 20.4. The highest BCUT2D eigenvalue weighted by Crippen LogP contribution is 2.37. The predicted octanol–water partition coefficient (Wildman–Crippen LogP) is 5.72. The number of aliphatic hydroxyl groups is 1. The second kappa shape index (κ2) is 12.3. The SMILES string of the molecule is COc1ccc(CNC(CC(F)C(=O)c2ccccc2)N2CCC(O)(c3cccc(C(F)(F)F)c3)CC2)cc1. The molecule has 208 valence electrons. The van der Waals surface area contributed by atoms with Crippen LogP contribution in [0.4, 0.5) is 17.6 Å². The molecule has 3 aromatic carbocycles. The van der Waals surface area contributed by atoms with Gasteiger partial charge >= 0.3 is 6.18 Å². The van der Waals surface area contributed by atoms with E-state index in [9.17, 15) is 23.1 Å². The lowest BCUT2D eigenvalue weighted by Crippen LogP contribution is -2.53. The minimum Gasteiger partial charge on any atom is -0.497 e. The molecule has 1 fully saturated rings. The Bertz CT molecular complexity index is 1230. The summed E-state index contributed by atoms with van der Waals surface area (Å²) in [5, 5.41) is 14.6. The summed E-state index contributed by atoms with van der Waals surface area (Å²) in [5.41, 5.74) is -0.816. The van der Waals surface area contributed by atoms with Crippen molar-refractivity contribution in [2.75, 3.05) is 20.2 Å². The van der Waals surface area contributed by atoms with Crippen LogP contribution in [0.15, 0.2) is 78.9 Å². The number of carbonyl (C=O) groups is 1. The average molecular weight is 545 g/mol. The molecule has 2 unspecified atom stereocenters. The van der Waals surface area contributed by atoms with Gasteiger partial charge in [-0.2, -0.15) is 13.2 Å². The second-order valence-electron chi connectivity index (χ2n) is 9.82. The van der Waals surface area contributed by atoms with Crippen LogP contribution in [0, 0.1) is 0 Å². The fraction of sp³-hybridized carbons (Fsp3) is 0.367. The van der Waals surface area contributed by atoms with Gasteiger partial charge in [0.1, 0.15) is 5.75 Å². The zero-order chi connectivity index (χ0) is 28.0. The van der Waals surface area contributed by atoms with Crippen LogP contribution in [0.5, 0.6) is 5.75 Å². The van der Waals surface area contributed by atoms with Crippen molar-refractivity contribution in [2.24, 2.45) is 0 Å². The summed E-state index contributed by atoms with van der Waals surface area (Å²) in [7, 11) is 1.57. The number of piperidine rings is 1. The summed E-state index contributed by atoms with van der Waals surface area (Å²) < 4.78 is 60.2. The Morgan fingerprint density at radius 1 is 1.03 bits per heavy atom. The standard InChI is InChI=1S/C30H32F4N2O3/c1-39-25-12-10-21(11-13-25)20-35-27(19-26(31)28(37)22-6-3-2-4-7-22)36-16-14-29(38,15-17-36)23-8-5-9-24(18-23)30(32,33)34/h2-13,18,26-27,35,38H,14-17,19-20H2,1H3. The number of hydrogen-bond acceptors (Lipinski definition) is 5. The number of Topliss-reactive ketones (excluding diaryl/α,β-unsaturated/α-hetero) is 1. The van der Waals surface area contributed by atoms with Crippen LogP contribution in [-0.4, -0.2) is 48.3 Å². The van der Waals surface area contributed by atoms with Gasteiger partial charge < -0.3 is 9.84 Å². The van der Waals surface area contributed by atoms with Gasteiger partial charge in [0.2, 0.25) is 0 Å². The second-order valence-corrected chi connectivity index (χ2v) is 9.82. The Hall–Kier alpha value is -3.27. The van der Waals surface area contributed by atoms with Crippen LogP contribution in [-0.2, 0) is 18.3 Å². The van der Waals surface area contributed by atoms with Crippen molar-refractivity contribution in [1.82, 2.24) is 10.2 Å². The number of likely N-dealkylation sites (tertiary alicyclic amines) is 1. The molecule has 0 radical (unpaired) electrons. The largest absolute Gasteiger partial charge is 0.497 e. The molecule has 0 amide bonds. The quantitative estimate of drug-likeness (QED) is 0.252. The molecule has 5 nitrogen and oxygen atoms in total. The van der Waals surface area contributed by atoms with E-state index >= 15 is 4.39 Å². The molecular formula is C30H32F4N2O3. The van der Waals surface area contributed by atoms with Crippen molar-refractivity contribution in [1.29, 1.82) is 0 Å². The molecule has 9 heteroatoms. The van der Waals surface area contributed by atoms with E-state index in [0.717, 1.165) is 17.7 Å². The third-order valence-corrected chi connectivity index (χ3v) is 7.27. The van der Waals surface area contributed by atoms with Crippen LogP contribution < -0.4 is 10.1 Å². The van der Waals surface area contributed by atoms with Gasteiger partial charge in [-0.25, -0.2) is 4.39 Å². The van der Waals surface area contributed by atoms with E-state index in [2.05, 4.69) is 5.32 Å². The molecule has 39 heavy (non-hydrogen) atoms. The first-order valence-corrected chi connectivity index (χ1v) is 12.8. The maximum absolute atomic E-state index is 15.3. The molecule has 0 saturated carbocycles. The number of halogens is 4. The molecular weight excluding hydrogens is 512 g/mol. The first-order chi connectivity index (χ1) is 18.6. The van der Waals surface area contributed by atoms with Crippen LogP contribution >= 0.6 is 0 Å². The Morgan fingerprint density at radius 3 is 2.31 bits per heavy atom. The first-order valence-electron chi connectivity index (χ1n) is 12.8. The molecule has 1 saturated heterocycles. The molecule has 0 bridgehead atoms. The first kappa shape index (κ1) is 28.7. The molecule has 0 aliphatic carbocycles. The highest BCUT2D eigenvalue weighted by molar-refractivity contribution is 5.99. The monoisotopic (exact) mass is 544 g/mol. The van der Waals surface area contributed by atoms with E-state index in [1.54, 1.807) is 37.4 Å². The number of rotatable bonds is 10. The molecule has 4 rings (SSSR count). The van der Waals surface area contributed by atoms with Gasteiger partial charge in [-0.15, -0.1) is 0 Å². The average Bonchev–Trinajstić information content (AvgIpc) is 2.95. The molecule has 1 aliphatic heterocycles. The number of nitrogens with zero attached hydrogens (tertiary/aromatic N) is 1.